The van der Waals surface area contributed by atoms with Crippen molar-refractivity contribution in [1.29, 1.82) is 0 Å². The van der Waals surface area contributed by atoms with Gasteiger partial charge in [0.25, 0.3) is 5.69 Å². The number of likely N-dealkylation sites (N-methyl/N-ethyl adjacent to an activating group) is 1. The second-order valence-electron chi connectivity index (χ2n) is 4.56. The summed E-state index contributed by atoms with van der Waals surface area (Å²) in [6.45, 7) is 7.43. The van der Waals surface area contributed by atoms with Crippen LogP contribution in [0.5, 0.6) is 0 Å². The molecule has 0 saturated carbocycles. The van der Waals surface area contributed by atoms with Crippen LogP contribution in [0.4, 0.5) is 5.69 Å². The highest BCUT2D eigenvalue weighted by atomic mass is 16.6. The number of hydrogen-bond donors (Lipinski definition) is 0. The standard InChI is InChI=1S/C13H18N2O3/c1-3-14-6-7-18-13(9-14)11-4-5-12(15(16)17)10(2)8-11/h4-5,8,13H,3,6-7,9H2,1-2H3. The Hall–Kier alpha value is -1.46. The van der Waals surface area contributed by atoms with Gasteiger partial charge < -0.3 is 4.74 Å². The molecule has 5 heteroatoms. The van der Waals surface area contributed by atoms with Crippen molar-refractivity contribution < 1.29 is 9.66 Å². The zero-order valence-electron chi connectivity index (χ0n) is 10.8. The summed E-state index contributed by atoms with van der Waals surface area (Å²) in [5.41, 5.74) is 1.88. The van der Waals surface area contributed by atoms with Crippen molar-refractivity contribution in [2.75, 3.05) is 26.2 Å². The monoisotopic (exact) mass is 250 g/mol. The number of benzene rings is 1. The van der Waals surface area contributed by atoms with Gasteiger partial charge in [-0.05, 0) is 31.2 Å². The van der Waals surface area contributed by atoms with E-state index < -0.39 is 0 Å². The first-order chi connectivity index (χ1) is 8.61. The summed E-state index contributed by atoms with van der Waals surface area (Å²) in [6.07, 6.45) is 0.0261. The van der Waals surface area contributed by atoms with Crippen LogP contribution in [0.1, 0.15) is 24.2 Å². The molecule has 0 N–H and O–H groups in total. The number of morpholine rings is 1. The summed E-state index contributed by atoms with van der Waals surface area (Å²) >= 11 is 0. The van der Waals surface area contributed by atoms with Crippen LogP contribution in [-0.4, -0.2) is 36.1 Å². The molecule has 1 aromatic rings. The van der Waals surface area contributed by atoms with E-state index in [1.165, 1.54) is 0 Å². The Bertz CT molecular complexity index is 448. The molecule has 1 fully saturated rings. The molecular weight excluding hydrogens is 232 g/mol. The van der Waals surface area contributed by atoms with Gasteiger partial charge in [-0.15, -0.1) is 0 Å². The van der Waals surface area contributed by atoms with Gasteiger partial charge in [-0.2, -0.15) is 0 Å². The molecule has 1 heterocycles. The van der Waals surface area contributed by atoms with Gasteiger partial charge in [-0.25, -0.2) is 0 Å². The summed E-state index contributed by atoms with van der Waals surface area (Å²) in [5, 5.41) is 10.8. The molecule has 0 aliphatic carbocycles. The molecule has 0 radical (unpaired) electrons. The lowest BCUT2D eigenvalue weighted by Gasteiger charge is -2.32. The lowest BCUT2D eigenvalue weighted by molar-refractivity contribution is -0.385. The highest BCUT2D eigenvalue weighted by molar-refractivity contribution is 5.42. The number of ether oxygens (including phenoxy) is 1. The Morgan fingerprint density at radius 2 is 2.33 bits per heavy atom. The third-order valence-electron chi connectivity index (χ3n) is 3.39. The quantitative estimate of drug-likeness (QED) is 0.610. The van der Waals surface area contributed by atoms with Crippen molar-refractivity contribution in [3.63, 3.8) is 0 Å². The molecule has 1 aliphatic heterocycles. The van der Waals surface area contributed by atoms with Gasteiger partial charge in [0.2, 0.25) is 0 Å². The third-order valence-corrected chi connectivity index (χ3v) is 3.39. The summed E-state index contributed by atoms with van der Waals surface area (Å²) in [4.78, 5) is 12.8. The van der Waals surface area contributed by atoms with Crippen molar-refractivity contribution in [1.82, 2.24) is 4.90 Å². The van der Waals surface area contributed by atoms with Crippen LogP contribution in [0.2, 0.25) is 0 Å². The van der Waals surface area contributed by atoms with Gasteiger partial charge in [0.15, 0.2) is 0 Å². The molecular formula is C13H18N2O3. The molecule has 1 aromatic carbocycles. The van der Waals surface area contributed by atoms with Crippen molar-refractivity contribution in [3.05, 3.63) is 39.4 Å². The second-order valence-corrected chi connectivity index (χ2v) is 4.56. The Balaban J connectivity index is 2.18. The van der Waals surface area contributed by atoms with Crippen LogP contribution in [0.25, 0.3) is 0 Å². The largest absolute Gasteiger partial charge is 0.371 e. The highest BCUT2D eigenvalue weighted by Gasteiger charge is 2.22. The van der Waals surface area contributed by atoms with Crippen molar-refractivity contribution in [2.45, 2.75) is 20.0 Å². The summed E-state index contributed by atoms with van der Waals surface area (Å²) < 4.78 is 5.74. The Labute approximate surface area is 107 Å². The number of hydrogen-bond acceptors (Lipinski definition) is 4. The molecule has 0 bridgehead atoms. The molecule has 98 valence electrons. The topological polar surface area (TPSA) is 55.6 Å². The maximum Gasteiger partial charge on any atom is 0.272 e. The van der Waals surface area contributed by atoms with E-state index >= 15 is 0 Å². The molecule has 5 nitrogen and oxygen atoms in total. The van der Waals surface area contributed by atoms with Crippen LogP contribution in [0.15, 0.2) is 18.2 Å². The number of aryl methyl sites for hydroxylation is 1. The average molecular weight is 250 g/mol. The fourth-order valence-electron chi connectivity index (χ4n) is 2.28. The van der Waals surface area contributed by atoms with Crippen molar-refractivity contribution in [2.24, 2.45) is 0 Å². The van der Waals surface area contributed by atoms with Gasteiger partial charge in [-0.1, -0.05) is 6.92 Å². The Morgan fingerprint density at radius 3 is 2.94 bits per heavy atom. The zero-order valence-corrected chi connectivity index (χ0v) is 10.8. The Kier molecular flexibility index (Phi) is 3.93. The maximum absolute atomic E-state index is 10.8. The molecule has 18 heavy (non-hydrogen) atoms. The smallest absolute Gasteiger partial charge is 0.272 e. The van der Waals surface area contributed by atoms with Crippen LogP contribution in [0.3, 0.4) is 0 Å². The fourth-order valence-corrected chi connectivity index (χ4v) is 2.28. The minimum Gasteiger partial charge on any atom is -0.371 e. The molecule has 1 atom stereocenters. The van der Waals surface area contributed by atoms with E-state index in [1.54, 1.807) is 19.1 Å². The van der Waals surface area contributed by atoms with Crippen LogP contribution in [0, 0.1) is 17.0 Å². The van der Waals surface area contributed by atoms with Gasteiger partial charge in [-0.3, -0.25) is 15.0 Å². The van der Waals surface area contributed by atoms with Gasteiger partial charge in [0, 0.05) is 24.7 Å². The van der Waals surface area contributed by atoms with E-state index in [-0.39, 0.29) is 16.7 Å². The Morgan fingerprint density at radius 1 is 1.56 bits per heavy atom. The molecule has 2 rings (SSSR count). The average Bonchev–Trinajstić information content (AvgIpc) is 2.38. The lowest BCUT2D eigenvalue weighted by Crippen LogP contribution is -2.38. The molecule has 1 aliphatic rings. The van der Waals surface area contributed by atoms with Gasteiger partial charge in [0.1, 0.15) is 0 Å². The predicted molar refractivity (Wildman–Crippen MR) is 68.6 cm³/mol. The van der Waals surface area contributed by atoms with E-state index in [1.807, 2.05) is 6.07 Å². The SMILES string of the molecule is CCN1CCOC(c2ccc([N+](=O)[O-])c(C)c2)C1. The number of rotatable bonds is 3. The summed E-state index contributed by atoms with van der Waals surface area (Å²) in [7, 11) is 0. The minimum absolute atomic E-state index is 0.0261. The van der Waals surface area contributed by atoms with Crippen LogP contribution < -0.4 is 0 Å². The van der Waals surface area contributed by atoms with E-state index in [4.69, 9.17) is 4.74 Å². The van der Waals surface area contributed by atoms with Crippen molar-refractivity contribution in [3.8, 4) is 0 Å². The fraction of sp³-hybridized carbons (Fsp3) is 0.538. The first-order valence-electron chi connectivity index (χ1n) is 6.20. The number of nitro benzene ring substituents is 1. The normalized spacial score (nSPS) is 20.9. The van der Waals surface area contributed by atoms with Crippen LogP contribution in [-0.2, 0) is 4.74 Å². The maximum atomic E-state index is 10.8. The number of nitro groups is 1. The van der Waals surface area contributed by atoms with E-state index in [0.717, 1.165) is 25.2 Å². The number of nitrogens with zero attached hydrogens (tertiary/aromatic N) is 2. The minimum atomic E-state index is -0.348. The third kappa shape index (κ3) is 2.68. The van der Waals surface area contributed by atoms with E-state index in [0.29, 0.717) is 12.2 Å². The molecule has 0 amide bonds. The zero-order chi connectivity index (χ0) is 13.1. The first-order valence-corrected chi connectivity index (χ1v) is 6.20. The molecule has 0 spiro atoms. The molecule has 1 unspecified atom stereocenters. The van der Waals surface area contributed by atoms with Gasteiger partial charge >= 0.3 is 0 Å². The lowest BCUT2D eigenvalue weighted by atomic mass is 10.0. The first kappa shape index (κ1) is 13.0. The molecule has 1 saturated heterocycles. The van der Waals surface area contributed by atoms with Gasteiger partial charge in [0.05, 0.1) is 17.6 Å². The summed E-state index contributed by atoms with van der Waals surface area (Å²) in [5.74, 6) is 0. The predicted octanol–water partition coefficient (Wildman–Crippen LogP) is 2.30. The second kappa shape index (κ2) is 5.46. The van der Waals surface area contributed by atoms with E-state index in [9.17, 15) is 10.1 Å². The van der Waals surface area contributed by atoms with Crippen molar-refractivity contribution >= 4 is 5.69 Å². The van der Waals surface area contributed by atoms with Crippen LogP contribution >= 0.6 is 0 Å². The summed E-state index contributed by atoms with van der Waals surface area (Å²) in [6, 6.07) is 5.23. The molecule has 0 aromatic heterocycles. The van der Waals surface area contributed by atoms with E-state index in [2.05, 4.69) is 11.8 Å². The highest BCUT2D eigenvalue weighted by Crippen LogP contribution is 2.26.